The predicted octanol–water partition coefficient (Wildman–Crippen LogP) is 3.78. The maximum absolute atomic E-state index is 13.8. The lowest BCUT2D eigenvalue weighted by atomic mass is 10.2. The van der Waals surface area contributed by atoms with Crippen molar-refractivity contribution in [2.75, 3.05) is 17.9 Å². The Balaban J connectivity index is 1.45. The van der Waals surface area contributed by atoms with E-state index >= 15 is 0 Å². The maximum Gasteiger partial charge on any atom is 0.262 e. The largest absolute Gasteiger partial charge is 0.467 e. The van der Waals surface area contributed by atoms with Crippen LogP contribution in [0.25, 0.3) is 10.9 Å². The van der Waals surface area contributed by atoms with Gasteiger partial charge in [0.25, 0.3) is 5.56 Å². The summed E-state index contributed by atoms with van der Waals surface area (Å²) in [4.78, 5) is 30.2. The van der Waals surface area contributed by atoms with E-state index in [9.17, 15) is 18.4 Å². The number of fused-ring (bicyclic) bond motifs is 2. The Morgan fingerprint density at radius 1 is 1.15 bits per heavy atom. The summed E-state index contributed by atoms with van der Waals surface area (Å²) in [6.45, 7) is 0.147. The normalized spacial score (nSPS) is 12.3. The molecule has 4 aromatic rings. The molecule has 0 spiro atoms. The Labute approximate surface area is 189 Å². The first kappa shape index (κ1) is 21.0. The van der Waals surface area contributed by atoms with Gasteiger partial charge in [0.05, 0.1) is 35.2 Å². The molecule has 0 fully saturated rings. The molecule has 0 aliphatic carbocycles. The Bertz CT molecular complexity index is 1420. The molecule has 11 heteroatoms. The lowest BCUT2D eigenvalue weighted by Crippen LogP contribution is -2.24. The summed E-state index contributed by atoms with van der Waals surface area (Å²) in [5.41, 5.74) is -0.108. The summed E-state index contributed by atoms with van der Waals surface area (Å²) < 4.78 is 44.4. The third kappa shape index (κ3) is 4.27. The molecule has 168 valence electrons. The number of carbonyl (C=O) groups is 1. The zero-order chi connectivity index (χ0) is 22.9. The van der Waals surface area contributed by atoms with Crippen molar-refractivity contribution in [2.45, 2.75) is 11.7 Å². The molecule has 0 saturated heterocycles. The van der Waals surface area contributed by atoms with E-state index in [0.717, 1.165) is 23.9 Å². The van der Waals surface area contributed by atoms with Crippen LogP contribution in [0, 0.1) is 11.6 Å². The Hall–Kier alpha value is -3.86. The Morgan fingerprint density at radius 2 is 1.97 bits per heavy atom. The molecule has 1 aliphatic heterocycles. The van der Waals surface area contributed by atoms with E-state index in [1.807, 2.05) is 0 Å². The molecule has 2 aromatic heterocycles. The van der Waals surface area contributed by atoms with E-state index in [4.69, 9.17) is 13.9 Å². The van der Waals surface area contributed by atoms with E-state index in [0.29, 0.717) is 34.2 Å². The van der Waals surface area contributed by atoms with Crippen molar-refractivity contribution in [1.82, 2.24) is 9.55 Å². The number of hydrogen-bond acceptors (Lipinski definition) is 7. The third-order valence-corrected chi connectivity index (χ3v) is 5.82. The molecule has 1 aliphatic rings. The fraction of sp³-hybridized carbons (Fsp3) is 0.136. The highest BCUT2D eigenvalue weighted by atomic mass is 32.2. The zero-order valence-corrected chi connectivity index (χ0v) is 17.7. The molecule has 0 radical (unpaired) electrons. The molecule has 5 rings (SSSR count). The first-order valence-electron chi connectivity index (χ1n) is 9.72. The monoisotopic (exact) mass is 471 g/mol. The number of rotatable bonds is 6. The minimum Gasteiger partial charge on any atom is -0.467 e. The molecule has 3 heterocycles. The van der Waals surface area contributed by atoms with Crippen molar-refractivity contribution in [1.29, 1.82) is 0 Å². The summed E-state index contributed by atoms with van der Waals surface area (Å²) in [5.74, 6) is -0.900. The Kier molecular flexibility index (Phi) is 5.47. The summed E-state index contributed by atoms with van der Waals surface area (Å²) in [6, 6.07) is 9.45. The molecule has 8 nitrogen and oxygen atoms in total. The number of thioether (sulfide) groups is 1. The van der Waals surface area contributed by atoms with Crippen LogP contribution in [-0.2, 0) is 11.3 Å². The molecular formula is C22H15F2N3O5S. The van der Waals surface area contributed by atoms with Gasteiger partial charge in [0.15, 0.2) is 16.7 Å². The molecule has 1 N–H and O–H groups in total. The number of amides is 1. The molecule has 0 bridgehead atoms. The van der Waals surface area contributed by atoms with Crippen LogP contribution in [0.4, 0.5) is 14.5 Å². The molecule has 1 amide bonds. The van der Waals surface area contributed by atoms with Gasteiger partial charge in [0.2, 0.25) is 12.7 Å². The van der Waals surface area contributed by atoms with Crippen LogP contribution in [0.5, 0.6) is 11.5 Å². The van der Waals surface area contributed by atoms with Crippen LogP contribution in [0.2, 0.25) is 0 Å². The van der Waals surface area contributed by atoms with Crippen LogP contribution < -0.4 is 20.3 Å². The SMILES string of the molecule is O=C(CSc1nc2cc3c(cc2c(=O)n1Cc1ccco1)OCO3)Nc1ccc(F)cc1F. The molecular weight excluding hydrogens is 456 g/mol. The van der Waals surface area contributed by atoms with Gasteiger partial charge in [0, 0.05) is 12.1 Å². The minimum absolute atomic E-state index is 0.0496. The van der Waals surface area contributed by atoms with Gasteiger partial charge < -0.3 is 19.2 Å². The number of benzene rings is 2. The smallest absolute Gasteiger partial charge is 0.262 e. The van der Waals surface area contributed by atoms with Crippen molar-refractivity contribution in [3.63, 3.8) is 0 Å². The summed E-state index contributed by atoms with van der Waals surface area (Å²) in [7, 11) is 0. The van der Waals surface area contributed by atoms with Gasteiger partial charge >= 0.3 is 0 Å². The van der Waals surface area contributed by atoms with Crippen LogP contribution in [0.1, 0.15) is 5.76 Å². The van der Waals surface area contributed by atoms with Gasteiger partial charge in [0.1, 0.15) is 17.4 Å². The first-order chi connectivity index (χ1) is 16.0. The van der Waals surface area contributed by atoms with Crippen LogP contribution >= 0.6 is 11.8 Å². The van der Waals surface area contributed by atoms with Crippen molar-refractivity contribution in [3.05, 3.63) is 76.5 Å². The molecule has 0 atom stereocenters. The Morgan fingerprint density at radius 3 is 2.73 bits per heavy atom. The lowest BCUT2D eigenvalue weighted by Gasteiger charge is -2.13. The topological polar surface area (TPSA) is 95.6 Å². The molecule has 0 saturated carbocycles. The summed E-state index contributed by atoms with van der Waals surface area (Å²) in [6.07, 6.45) is 1.49. The number of nitrogens with zero attached hydrogens (tertiary/aromatic N) is 2. The van der Waals surface area contributed by atoms with Gasteiger partial charge in [-0.25, -0.2) is 13.8 Å². The number of hydrogen-bond donors (Lipinski definition) is 1. The summed E-state index contributed by atoms with van der Waals surface area (Å²) >= 11 is 0.997. The fourth-order valence-electron chi connectivity index (χ4n) is 3.31. The van der Waals surface area contributed by atoms with Gasteiger partial charge in [-0.3, -0.25) is 14.2 Å². The highest BCUT2D eigenvalue weighted by molar-refractivity contribution is 7.99. The van der Waals surface area contributed by atoms with Gasteiger partial charge in [-0.1, -0.05) is 11.8 Å². The van der Waals surface area contributed by atoms with Crippen LogP contribution in [-0.4, -0.2) is 28.0 Å². The van der Waals surface area contributed by atoms with Crippen molar-refractivity contribution < 1.29 is 27.5 Å². The number of ether oxygens (including phenoxy) is 2. The number of anilines is 1. The van der Waals surface area contributed by atoms with E-state index < -0.39 is 17.5 Å². The number of aromatic nitrogens is 2. The van der Waals surface area contributed by atoms with E-state index in [2.05, 4.69) is 10.3 Å². The van der Waals surface area contributed by atoms with Gasteiger partial charge in [-0.05, 0) is 30.3 Å². The van der Waals surface area contributed by atoms with E-state index in [-0.39, 0.29) is 35.5 Å². The number of nitrogens with one attached hydrogen (secondary N) is 1. The number of furan rings is 1. The quantitative estimate of drug-likeness (QED) is 0.338. The highest BCUT2D eigenvalue weighted by Gasteiger charge is 2.20. The van der Waals surface area contributed by atoms with E-state index in [1.54, 1.807) is 24.3 Å². The standard InChI is InChI=1S/C22H15F2N3O5S/c23-12-3-4-16(15(24)6-12)25-20(28)10-33-22-26-17-8-19-18(31-11-32-19)7-14(17)21(29)27(22)9-13-2-1-5-30-13/h1-8H,9-11H2,(H,25,28). The lowest BCUT2D eigenvalue weighted by molar-refractivity contribution is -0.113. The number of halogens is 2. The molecule has 2 aromatic carbocycles. The van der Waals surface area contributed by atoms with E-state index in [1.165, 1.54) is 10.8 Å². The summed E-state index contributed by atoms with van der Waals surface area (Å²) in [5, 5.41) is 2.98. The molecule has 33 heavy (non-hydrogen) atoms. The average Bonchev–Trinajstić information content (AvgIpc) is 3.47. The van der Waals surface area contributed by atoms with Gasteiger partial charge in [-0.2, -0.15) is 0 Å². The second-order valence-corrected chi connectivity index (χ2v) is 7.99. The fourth-order valence-corrected chi connectivity index (χ4v) is 4.10. The number of carbonyl (C=O) groups excluding carboxylic acids is 1. The average molecular weight is 471 g/mol. The second-order valence-electron chi connectivity index (χ2n) is 7.05. The highest BCUT2D eigenvalue weighted by Crippen LogP contribution is 2.35. The van der Waals surface area contributed by atoms with Crippen molar-refractivity contribution in [3.8, 4) is 11.5 Å². The van der Waals surface area contributed by atoms with Gasteiger partial charge in [-0.15, -0.1) is 0 Å². The molecule has 0 unspecified atom stereocenters. The second kappa shape index (κ2) is 8.58. The minimum atomic E-state index is -0.886. The zero-order valence-electron chi connectivity index (χ0n) is 16.8. The predicted molar refractivity (Wildman–Crippen MR) is 116 cm³/mol. The van der Waals surface area contributed by atoms with Crippen LogP contribution in [0.3, 0.4) is 0 Å². The third-order valence-electron chi connectivity index (χ3n) is 4.85. The first-order valence-corrected chi connectivity index (χ1v) is 10.7. The van der Waals surface area contributed by atoms with Crippen LogP contribution in [0.15, 0.2) is 63.1 Å². The maximum atomic E-state index is 13.8. The van der Waals surface area contributed by atoms with Crippen molar-refractivity contribution >= 4 is 34.3 Å². The van der Waals surface area contributed by atoms with Crippen molar-refractivity contribution in [2.24, 2.45) is 0 Å².